The number of carbonyl (C=O) groups excluding carboxylic acids is 1. The van der Waals surface area contributed by atoms with Crippen LogP contribution in [0.5, 0.6) is 0 Å². The molecule has 0 saturated carbocycles. The lowest BCUT2D eigenvalue weighted by Gasteiger charge is -2.31. The van der Waals surface area contributed by atoms with E-state index in [9.17, 15) is 22.4 Å². The van der Waals surface area contributed by atoms with E-state index < -0.39 is 35.0 Å². The third kappa shape index (κ3) is 3.41. The van der Waals surface area contributed by atoms with Crippen LogP contribution in [-0.2, 0) is 6.18 Å². The summed E-state index contributed by atoms with van der Waals surface area (Å²) in [5.41, 5.74) is -2.60. The summed E-state index contributed by atoms with van der Waals surface area (Å²) in [6, 6.07) is 5.11. The largest absolute Gasteiger partial charge is 0.435 e. The number of benzene rings is 1. The average molecular weight is 371 g/mol. The molecule has 6 nitrogen and oxygen atoms in total. The molecule has 1 N–H and O–H groups in total. The number of hydrogen-bond donors (Lipinski definition) is 1. The van der Waals surface area contributed by atoms with Crippen LogP contribution in [-0.4, -0.2) is 52.0 Å². The van der Waals surface area contributed by atoms with E-state index >= 15 is 0 Å². The van der Waals surface area contributed by atoms with Crippen LogP contribution in [0.2, 0.25) is 0 Å². The molecule has 0 unspecified atom stereocenters. The minimum absolute atomic E-state index is 0.218. The maximum absolute atomic E-state index is 13.9. The van der Waals surface area contributed by atoms with Crippen molar-refractivity contribution >= 4 is 5.91 Å². The van der Waals surface area contributed by atoms with E-state index in [1.54, 1.807) is 7.05 Å². The van der Waals surface area contributed by atoms with E-state index in [1.807, 2.05) is 0 Å². The lowest BCUT2D eigenvalue weighted by atomic mass is 10.0. The Morgan fingerprint density at radius 3 is 2.46 bits per heavy atom. The second kappa shape index (κ2) is 7.02. The average Bonchev–Trinajstić information content (AvgIpc) is 3.07. The summed E-state index contributed by atoms with van der Waals surface area (Å²) >= 11 is 0. The van der Waals surface area contributed by atoms with Gasteiger partial charge in [-0.05, 0) is 32.0 Å². The Kier molecular flexibility index (Phi) is 4.94. The van der Waals surface area contributed by atoms with E-state index in [4.69, 9.17) is 0 Å². The maximum Gasteiger partial charge on any atom is 0.435 e. The number of rotatable bonds is 3. The monoisotopic (exact) mass is 371 g/mol. The third-order valence-corrected chi connectivity index (χ3v) is 4.41. The molecule has 2 aromatic rings. The van der Waals surface area contributed by atoms with Crippen molar-refractivity contribution in [3.63, 3.8) is 0 Å². The van der Waals surface area contributed by atoms with Gasteiger partial charge < -0.3 is 10.2 Å². The van der Waals surface area contributed by atoms with E-state index in [1.165, 1.54) is 17.0 Å². The molecule has 1 aromatic heterocycles. The molecule has 1 aliphatic rings. The molecular formula is C16H17F4N5O. The highest BCUT2D eigenvalue weighted by atomic mass is 19.4. The maximum atomic E-state index is 13.9. The molecule has 1 amide bonds. The van der Waals surface area contributed by atoms with Crippen molar-refractivity contribution in [3.05, 3.63) is 41.5 Å². The number of amides is 1. The Bertz CT molecular complexity index is 796. The molecule has 0 spiro atoms. The summed E-state index contributed by atoms with van der Waals surface area (Å²) in [6.07, 6.45) is -3.66. The van der Waals surface area contributed by atoms with Gasteiger partial charge in [-0.2, -0.15) is 13.2 Å². The van der Waals surface area contributed by atoms with E-state index in [0.717, 1.165) is 12.1 Å². The zero-order chi connectivity index (χ0) is 18.9. The highest BCUT2D eigenvalue weighted by molar-refractivity contribution is 5.93. The fourth-order valence-corrected chi connectivity index (χ4v) is 2.99. The molecular weight excluding hydrogens is 354 g/mol. The van der Waals surface area contributed by atoms with Crippen molar-refractivity contribution in [3.8, 4) is 5.69 Å². The first-order valence-electron chi connectivity index (χ1n) is 8.07. The number of nitrogens with one attached hydrogen (secondary N) is 1. The summed E-state index contributed by atoms with van der Waals surface area (Å²) in [5, 5.41) is 9.92. The van der Waals surface area contributed by atoms with E-state index in [-0.39, 0.29) is 6.04 Å². The quantitative estimate of drug-likeness (QED) is 0.841. The number of piperidine rings is 1. The molecule has 3 rings (SSSR count). The Labute approximate surface area is 146 Å². The Balaban J connectivity index is 1.98. The molecule has 0 bridgehead atoms. The minimum Gasteiger partial charge on any atom is -0.337 e. The van der Waals surface area contributed by atoms with Gasteiger partial charge in [-0.15, -0.1) is 5.10 Å². The van der Waals surface area contributed by atoms with Gasteiger partial charge in [0.05, 0.1) is 0 Å². The zero-order valence-electron chi connectivity index (χ0n) is 13.9. The molecule has 1 fully saturated rings. The van der Waals surface area contributed by atoms with E-state index in [2.05, 4.69) is 15.6 Å². The first-order chi connectivity index (χ1) is 12.3. The normalized spacial score (nSPS) is 16.1. The zero-order valence-corrected chi connectivity index (χ0v) is 13.9. The van der Waals surface area contributed by atoms with Crippen molar-refractivity contribution in [2.75, 3.05) is 20.1 Å². The minimum atomic E-state index is -4.92. The molecule has 10 heteroatoms. The number of nitrogens with zero attached hydrogens (tertiary/aromatic N) is 4. The summed E-state index contributed by atoms with van der Waals surface area (Å²) in [6.45, 7) is 0.627. The number of halogens is 4. The molecule has 1 aromatic carbocycles. The van der Waals surface area contributed by atoms with Gasteiger partial charge in [-0.1, -0.05) is 17.3 Å². The summed E-state index contributed by atoms with van der Waals surface area (Å²) in [7, 11) is 1.80. The predicted molar refractivity (Wildman–Crippen MR) is 84.3 cm³/mol. The smallest absolute Gasteiger partial charge is 0.337 e. The number of para-hydroxylation sites is 1. The molecule has 1 saturated heterocycles. The van der Waals surface area contributed by atoms with Crippen LogP contribution in [0.15, 0.2) is 24.3 Å². The van der Waals surface area contributed by atoms with Crippen LogP contribution in [0.3, 0.4) is 0 Å². The number of alkyl halides is 3. The Morgan fingerprint density at radius 2 is 1.88 bits per heavy atom. The van der Waals surface area contributed by atoms with Crippen LogP contribution in [0, 0.1) is 5.82 Å². The Morgan fingerprint density at radius 1 is 1.23 bits per heavy atom. The molecule has 0 aliphatic carbocycles. The number of carbonyl (C=O) groups is 1. The summed E-state index contributed by atoms with van der Waals surface area (Å²) in [5.74, 6) is -1.74. The van der Waals surface area contributed by atoms with Crippen LogP contribution in [0.4, 0.5) is 17.6 Å². The van der Waals surface area contributed by atoms with Gasteiger partial charge in [0, 0.05) is 19.1 Å². The van der Waals surface area contributed by atoms with Gasteiger partial charge in [-0.25, -0.2) is 9.07 Å². The predicted octanol–water partition coefficient (Wildman–Crippen LogP) is 2.25. The standard InChI is InChI=1S/C16H17F4N5O/c1-21-10-6-8-24(9-7-10)15(26)13-14(16(18,19)20)25(23-22-13)12-5-3-2-4-11(12)17/h2-5,10,21H,6-9H2,1H3. The molecule has 1 aliphatic heterocycles. The van der Waals surface area contributed by atoms with Crippen molar-refractivity contribution in [2.45, 2.75) is 25.1 Å². The molecule has 0 radical (unpaired) electrons. The van der Waals surface area contributed by atoms with Crippen molar-refractivity contribution < 1.29 is 22.4 Å². The van der Waals surface area contributed by atoms with Crippen LogP contribution in [0.25, 0.3) is 5.69 Å². The van der Waals surface area contributed by atoms with Crippen LogP contribution >= 0.6 is 0 Å². The molecule has 26 heavy (non-hydrogen) atoms. The van der Waals surface area contributed by atoms with Gasteiger partial charge in [0.25, 0.3) is 5.91 Å². The number of hydrogen-bond acceptors (Lipinski definition) is 4. The summed E-state index contributed by atoms with van der Waals surface area (Å²) < 4.78 is 55.1. The van der Waals surface area contributed by atoms with Gasteiger partial charge >= 0.3 is 6.18 Å². The number of likely N-dealkylation sites (tertiary alicyclic amines) is 1. The fourth-order valence-electron chi connectivity index (χ4n) is 2.99. The molecule has 140 valence electrons. The molecule has 2 heterocycles. The first-order valence-corrected chi connectivity index (χ1v) is 8.07. The molecule has 0 atom stereocenters. The lowest BCUT2D eigenvalue weighted by Crippen LogP contribution is -2.44. The highest BCUT2D eigenvalue weighted by Crippen LogP contribution is 2.34. The number of aromatic nitrogens is 3. The first kappa shape index (κ1) is 18.3. The second-order valence-electron chi connectivity index (χ2n) is 6.00. The van der Waals surface area contributed by atoms with Crippen molar-refractivity contribution in [1.29, 1.82) is 0 Å². The van der Waals surface area contributed by atoms with Gasteiger partial charge in [-0.3, -0.25) is 4.79 Å². The van der Waals surface area contributed by atoms with Crippen LogP contribution < -0.4 is 5.32 Å². The third-order valence-electron chi connectivity index (χ3n) is 4.41. The van der Waals surface area contributed by atoms with Crippen molar-refractivity contribution in [2.24, 2.45) is 0 Å². The second-order valence-corrected chi connectivity index (χ2v) is 6.00. The highest BCUT2D eigenvalue weighted by Gasteiger charge is 2.43. The topological polar surface area (TPSA) is 63.1 Å². The SMILES string of the molecule is CNC1CCN(C(=O)c2nnn(-c3ccccc3F)c2C(F)(F)F)CC1. The Hall–Kier alpha value is -2.49. The van der Waals surface area contributed by atoms with Gasteiger partial charge in [0.1, 0.15) is 11.5 Å². The lowest BCUT2D eigenvalue weighted by molar-refractivity contribution is -0.143. The summed E-state index contributed by atoms with van der Waals surface area (Å²) in [4.78, 5) is 13.9. The van der Waals surface area contributed by atoms with Gasteiger partial charge in [0.15, 0.2) is 11.4 Å². The van der Waals surface area contributed by atoms with Crippen molar-refractivity contribution in [1.82, 2.24) is 25.2 Å². The van der Waals surface area contributed by atoms with E-state index in [0.29, 0.717) is 30.6 Å². The van der Waals surface area contributed by atoms with Gasteiger partial charge in [0.2, 0.25) is 0 Å². The van der Waals surface area contributed by atoms with Crippen LogP contribution in [0.1, 0.15) is 29.0 Å². The fraction of sp³-hybridized carbons (Fsp3) is 0.438.